The molecule has 2 amide bonds. The molecule has 2 N–H and O–H groups in total. The van der Waals surface area contributed by atoms with Crippen LogP contribution in [0.5, 0.6) is 0 Å². The number of non-ortho nitro benzene ring substituents is 1. The monoisotopic (exact) mass is 409 g/mol. The molecule has 2 rings (SSSR count). The summed E-state index contributed by atoms with van der Waals surface area (Å²) in [6.07, 6.45) is 1.40. The van der Waals surface area contributed by atoms with E-state index in [4.69, 9.17) is 17.3 Å². The van der Waals surface area contributed by atoms with Crippen molar-refractivity contribution in [2.45, 2.75) is 19.4 Å². The van der Waals surface area contributed by atoms with Gasteiger partial charge in [-0.25, -0.2) is 0 Å². The van der Waals surface area contributed by atoms with Gasteiger partial charge < -0.3 is 10.4 Å². The number of benzene rings is 1. The molecular formula is C16H15N3O6S2. The summed E-state index contributed by atoms with van der Waals surface area (Å²) in [5, 5.41) is 21.9. The number of carboxylic acids is 1. The quantitative estimate of drug-likeness (QED) is 0.302. The van der Waals surface area contributed by atoms with Crippen LogP contribution in [0.3, 0.4) is 0 Å². The number of carboxylic acid groups (broad SMARTS) is 1. The van der Waals surface area contributed by atoms with E-state index < -0.39 is 28.7 Å². The second-order valence-corrected chi connectivity index (χ2v) is 7.24. The molecule has 1 heterocycles. The maximum Gasteiger partial charge on any atom is 0.325 e. The van der Waals surface area contributed by atoms with Gasteiger partial charge in [0.05, 0.1) is 9.83 Å². The predicted octanol–water partition coefficient (Wildman–Crippen LogP) is 1.78. The van der Waals surface area contributed by atoms with E-state index in [0.29, 0.717) is 10.5 Å². The number of hydrogen-bond acceptors (Lipinski definition) is 7. The van der Waals surface area contributed by atoms with Crippen molar-refractivity contribution >= 4 is 57.8 Å². The Morgan fingerprint density at radius 1 is 1.48 bits per heavy atom. The maximum absolute atomic E-state index is 12.5. The highest BCUT2D eigenvalue weighted by Gasteiger charge is 2.32. The van der Waals surface area contributed by atoms with Gasteiger partial charge in [0.1, 0.15) is 10.4 Å². The van der Waals surface area contributed by atoms with Gasteiger partial charge in [0, 0.05) is 25.1 Å². The zero-order valence-electron chi connectivity index (χ0n) is 14.1. The van der Waals surface area contributed by atoms with Crippen molar-refractivity contribution in [3.8, 4) is 0 Å². The zero-order valence-corrected chi connectivity index (χ0v) is 15.7. The first-order chi connectivity index (χ1) is 12.7. The summed E-state index contributed by atoms with van der Waals surface area (Å²) >= 11 is 6.19. The normalized spacial score (nSPS) is 16.5. The number of nitrogens with zero attached hydrogens (tertiary/aromatic N) is 2. The highest BCUT2D eigenvalue weighted by Crippen LogP contribution is 2.33. The van der Waals surface area contributed by atoms with Crippen molar-refractivity contribution in [2.75, 3.05) is 6.54 Å². The Morgan fingerprint density at radius 3 is 2.81 bits per heavy atom. The van der Waals surface area contributed by atoms with Crippen LogP contribution < -0.4 is 5.32 Å². The molecule has 142 valence electrons. The minimum absolute atomic E-state index is 0.00904. The molecule has 0 aliphatic carbocycles. The molecule has 1 saturated heterocycles. The number of nitro benzene ring substituents is 1. The van der Waals surface area contributed by atoms with Gasteiger partial charge in [-0.2, -0.15) is 0 Å². The fourth-order valence-electron chi connectivity index (χ4n) is 2.16. The van der Waals surface area contributed by atoms with Gasteiger partial charge >= 0.3 is 5.97 Å². The first-order valence-corrected chi connectivity index (χ1v) is 8.93. The van der Waals surface area contributed by atoms with Crippen LogP contribution >= 0.6 is 24.0 Å². The van der Waals surface area contributed by atoms with E-state index in [1.54, 1.807) is 6.07 Å². The molecule has 0 bridgehead atoms. The summed E-state index contributed by atoms with van der Waals surface area (Å²) in [6.45, 7) is 1.34. The van der Waals surface area contributed by atoms with Crippen LogP contribution in [0.4, 0.5) is 5.69 Å². The van der Waals surface area contributed by atoms with Gasteiger partial charge in [-0.3, -0.25) is 29.4 Å². The van der Waals surface area contributed by atoms with Crippen LogP contribution in [0.15, 0.2) is 29.2 Å². The van der Waals surface area contributed by atoms with E-state index in [-0.39, 0.29) is 23.0 Å². The lowest BCUT2D eigenvalue weighted by molar-refractivity contribution is -0.384. The van der Waals surface area contributed by atoms with E-state index in [1.807, 2.05) is 0 Å². The van der Waals surface area contributed by atoms with Gasteiger partial charge in [0.25, 0.3) is 11.6 Å². The smallest absolute Gasteiger partial charge is 0.325 e. The van der Waals surface area contributed by atoms with E-state index >= 15 is 0 Å². The topological polar surface area (TPSA) is 130 Å². The largest absolute Gasteiger partial charge is 0.480 e. The lowest BCUT2D eigenvalue weighted by Crippen LogP contribution is -2.40. The third-order valence-electron chi connectivity index (χ3n) is 3.56. The molecule has 9 nitrogen and oxygen atoms in total. The van der Waals surface area contributed by atoms with Crippen molar-refractivity contribution in [1.29, 1.82) is 0 Å². The highest BCUT2D eigenvalue weighted by molar-refractivity contribution is 8.26. The second kappa shape index (κ2) is 8.73. The van der Waals surface area contributed by atoms with Crippen molar-refractivity contribution < 1.29 is 24.4 Å². The van der Waals surface area contributed by atoms with Gasteiger partial charge in [-0.1, -0.05) is 36.1 Å². The molecule has 1 aromatic carbocycles. The average Bonchev–Trinajstić information content (AvgIpc) is 2.86. The van der Waals surface area contributed by atoms with Crippen LogP contribution in [0, 0.1) is 10.1 Å². The third kappa shape index (κ3) is 5.34. The van der Waals surface area contributed by atoms with Crippen LogP contribution in [-0.4, -0.2) is 49.6 Å². The first-order valence-electron chi connectivity index (χ1n) is 7.71. The predicted molar refractivity (Wildman–Crippen MR) is 103 cm³/mol. The number of carbonyl (C=O) groups excluding carboxylic acids is 2. The number of aliphatic carboxylic acids is 1. The van der Waals surface area contributed by atoms with Gasteiger partial charge in [0.2, 0.25) is 5.91 Å². The summed E-state index contributed by atoms with van der Waals surface area (Å²) in [7, 11) is 0. The minimum atomic E-state index is -1.16. The number of thioether (sulfide) groups is 1. The summed E-state index contributed by atoms with van der Waals surface area (Å²) in [6, 6.07) is 4.79. The molecule has 11 heteroatoms. The van der Waals surface area contributed by atoms with Gasteiger partial charge in [0.15, 0.2) is 0 Å². The minimum Gasteiger partial charge on any atom is -0.480 e. The van der Waals surface area contributed by atoms with Gasteiger partial charge in [-0.05, 0) is 18.6 Å². The molecule has 1 aliphatic heterocycles. The van der Waals surface area contributed by atoms with Gasteiger partial charge in [-0.15, -0.1) is 0 Å². The van der Waals surface area contributed by atoms with Crippen LogP contribution in [0.1, 0.15) is 18.9 Å². The Kier molecular flexibility index (Phi) is 6.64. The Hall–Kier alpha value is -2.79. The molecule has 1 aromatic rings. The number of nitro groups is 1. The van der Waals surface area contributed by atoms with Crippen LogP contribution in [0.2, 0.25) is 0 Å². The lowest BCUT2D eigenvalue weighted by atomic mass is 10.2. The Bertz CT molecular complexity index is 854. The first kappa shape index (κ1) is 20.5. The lowest BCUT2D eigenvalue weighted by Gasteiger charge is -2.15. The SMILES string of the molecule is CC(NC(=O)CCN1C(=O)/C(=C/c2cccc([N+](=O)[O-])c2)SC1=S)C(=O)O. The van der Waals surface area contributed by atoms with Crippen molar-refractivity contribution in [2.24, 2.45) is 0 Å². The molecule has 0 radical (unpaired) electrons. The highest BCUT2D eigenvalue weighted by atomic mass is 32.2. The fraction of sp³-hybridized carbons (Fsp3) is 0.250. The van der Waals surface area contributed by atoms with Crippen LogP contribution in [-0.2, 0) is 14.4 Å². The molecule has 1 unspecified atom stereocenters. The Labute approximate surface area is 163 Å². The zero-order chi connectivity index (χ0) is 20.1. The number of rotatable bonds is 7. The Morgan fingerprint density at radius 2 is 2.19 bits per heavy atom. The summed E-state index contributed by atoms with van der Waals surface area (Å²) in [5.41, 5.74) is 0.390. The maximum atomic E-state index is 12.5. The summed E-state index contributed by atoms with van der Waals surface area (Å²) < 4.78 is 0.260. The molecule has 0 aromatic heterocycles. The van der Waals surface area contributed by atoms with E-state index in [9.17, 15) is 24.5 Å². The number of amides is 2. The number of carbonyl (C=O) groups is 3. The van der Waals surface area contributed by atoms with Crippen molar-refractivity contribution in [3.05, 3.63) is 44.8 Å². The standard InChI is InChI=1S/C16H15N3O6S2/c1-9(15(22)23)17-13(20)5-6-18-14(21)12(27-16(18)26)8-10-3-2-4-11(7-10)19(24)25/h2-4,7-9H,5-6H2,1H3,(H,17,20)(H,22,23)/b12-8-. The average molecular weight is 409 g/mol. The molecule has 1 atom stereocenters. The third-order valence-corrected chi connectivity index (χ3v) is 4.94. The van der Waals surface area contributed by atoms with E-state index in [1.165, 1.54) is 36.1 Å². The summed E-state index contributed by atoms with van der Waals surface area (Å²) in [5.74, 6) is -2.08. The molecule has 1 aliphatic rings. The molecule has 1 fully saturated rings. The fourth-order valence-corrected chi connectivity index (χ4v) is 3.47. The molecule has 0 spiro atoms. The molecule has 0 saturated carbocycles. The van der Waals surface area contributed by atoms with Crippen molar-refractivity contribution in [1.82, 2.24) is 10.2 Å². The molecular weight excluding hydrogens is 394 g/mol. The number of nitrogens with one attached hydrogen (secondary N) is 1. The van der Waals surface area contributed by atoms with E-state index in [0.717, 1.165) is 11.8 Å². The van der Waals surface area contributed by atoms with E-state index in [2.05, 4.69) is 5.32 Å². The summed E-state index contributed by atoms with van der Waals surface area (Å²) in [4.78, 5) is 46.8. The van der Waals surface area contributed by atoms with Crippen molar-refractivity contribution in [3.63, 3.8) is 0 Å². The number of hydrogen-bond donors (Lipinski definition) is 2. The van der Waals surface area contributed by atoms with Crippen LogP contribution in [0.25, 0.3) is 6.08 Å². The number of thiocarbonyl (C=S) groups is 1. The molecule has 27 heavy (non-hydrogen) atoms. The Balaban J connectivity index is 2.04. The second-order valence-electron chi connectivity index (χ2n) is 5.56.